The first kappa shape index (κ1) is 14.2. The van der Waals surface area contributed by atoms with E-state index in [0.717, 1.165) is 25.0 Å². The fourth-order valence-electron chi connectivity index (χ4n) is 1.92. The number of carbonyl (C=O) groups is 1. The number of nitriles is 1. The van der Waals surface area contributed by atoms with Gasteiger partial charge in [0, 0.05) is 0 Å². The van der Waals surface area contributed by atoms with Crippen LogP contribution in [0.15, 0.2) is 18.2 Å². The molecule has 1 unspecified atom stereocenters. The van der Waals surface area contributed by atoms with Crippen molar-refractivity contribution in [1.29, 1.82) is 5.26 Å². The predicted molar refractivity (Wildman–Crippen MR) is 63.9 cm³/mol. The molecular formula is C13H11F3N2O2. The average molecular weight is 284 g/mol. The summed E-state index contributed by atoms with van der Waals surface area (Å²) in [5.41, 5.74) is -1.04. The van der Waals surface area contributed by atoms with Crippen molar-refractivity contribution in [2.75, 3.05) is 5.32 Å². The van der Waals surface area contributed by atoms with Crippen molar-refractivity contribution < 1.29 is 23.1 Å². The van der Waals surface area contributed by atoms with Gasteiger partial charge in [0.25, 0.3) is 0 Å². The number of rotatable bonds is 4. The summed E-state index contributed by atoms with van der Waals surface area (Å²) >= 11 is 0. The van der Waals surface area contributed by atoms with Crippen LogP contribution in [0, 0.1) is 17.2 Å². The Labute approximate surface area is 112 Å². The molecular weight excluding hydrogens is 273 g/mol. The number of hydrogen-bond donors (Lipinski definition) is 2. The van der Waals surface area contributed by atoms with E-state index in [1.54, 1.807) is 6.07 Å². The molecule has 0 saturated heterocycles. The van der Waals surface area contributed by atoms with Crippen molar-refractivity contribution in [3.8, 4) is 6.07 Å². The first-order chi connectivity index (χ1) is 9.32. The van der Waals surface area contributed by atoms with Gasteiger partial charge in [-0.1, -0.05) is 0 Å². The van der Waals surface area contributed by atoms with Gasteiger partial charge in [-0.25, -0.2) is 4.79 Å². The second-order valence-corrected chi connectivity index (χ2v) is 4.67. The molecule has 1 aromatic rings. The number of alkyl halides is 3. The number of aliphatic carboxylic acids is 1. The summed E-state index contributed by atoms with van der Waals surface area (Å²) in [6.07, 6.45) is -3.02. The maximum Gasteiger partial charge on any atom is 0.416 e. The molecule has 1 saturated carbocycles. The molecule has 1 atom stereocenters. The summed E-state index contributed by atoms with van der Waals surface area (Å²) < 4.78 is 37.6. The van der Waals surface area contributed by atoms with Crippen molar-refractivity contribution in [2.45, 2.75) is 25.1 Å². The van der Waals surface area contributed by atoms with E-state index in [2.05, 4.69) is 5.32 Å². The molecule has 2 N–H and O–H groups in total. The lowest BCUT2D eigenvalue weighted by atomic mass is 10.1. The lowest BCUT2D eigenvalue weighted by Gasteiger charge is -2.17. The Morgan fingerprint density at radius 2 is 2.10 bits per heavy atom. The Kier molecular flexibility index (Phi) is 3.57. The van der Waals surface area contributed by atoms with Crippen molar-refractivity contribution in [3.63, 3.8) is 0 Å². The number of carboxylic acid groups (broad SMARTS) is 1. The molecule has 7 heteroatoms. The zero-order valence-corrected chi connectivity index (χ0v) is 10.2. The van der Waals surface area contributed by atoms with Gasteiger partial charge in [-0.05, 0) is 37.0 Å². The summed E-state index contributed by atoms with van der Waals surface area (Å²) in [7, 11) is 0. The molecule has 20 heavy (non-hydrogen) atoms. The highest BCUT2D eigenvalue weighted by molar-refractivity contribution is 5.79. The van der Waals surface area contributed by atoms with Crippen molar-refractivity contribution in [3.05, 3.63) is 29.3 Å². The van der Waals surface area contributed by atoms with Gasteiger partial charge in [-0.2, -0.15) is 18.4 Å². The molecule has 0 heterocycles. The van der Waals surface area contributed by atoms with Gasteiger partial charge in [-0.15, -0.1) is 0 Å². The Morgan fingerprint density at radius 1 is 1.45 bits per heavy atom. The summed E-state index contributed by atoms with van der Waals surface area (Å²) in [5.74, 6) is -1.11. The Morgan fingerprint density at radius 3 is 2.55 bits per heavy atom. The quantitative estimate of drug-likeness (QED) is 0.891. The number of anilines is 1. The molecule has 1 aromatic carbocycles. The maximum absolute atomic E-state index is 12.5. The zero-order valence-electron chi connectivity index (χ0n) is 10.2. The molecule has 0 amide bonds. The standard InChI is InChI=1S/C13H11F3N2O2/c14-13(15,16)9-3-4-10(8(5-9)6-17)18-11(12(19)20)7-1-2-7/h3-5,7,11,18H,1-2H2,(H,19,20). The van der Waals surface area contributed by atoms with E-state index in [1.807, 2.05) is 0 Å². The minimum atomic E-state index is -4.53. The lowest BCUT2D eigenvalue weighted by Crippen LogP contribution is -2.31. The molecule has 4 nitrogen and oxygen atoms in total. The van der Waals surface area contributed by atoms with E-state index in [0.29, 0.717) is 6.07 Å². The Balaban J connectivity index is 2.28. The van der Waals surface area contributed by atoms with E-state index in [9.17, 15) is 18.0 Å². The number of nitrogens with one attached hydrogen (secondary N) is 1. The third kappa shape index (κ3) is 3.02. The van der Waals surface area contributed by atoms with Crippen LogP contribution in [0.1, 0.15) is 24.0 Å². The van der Waals surface area contributed by atoms with Crippen LogP contribution in [0.2, 0.25) is 0 Å². The second-order valence-electron chi connectivity index (χ2n) is 4.67. The van der Waals surface area contributed by atoms with Crippen LogP contribution in [-0.2, 0) is 11.0 Å². The van der Waals surface area contributed by atoms with E-state index in [4.69, 9.17) is 10.4 Å². The number of carboxylic acids is 1. The highest BCUT2D eigenvalue weighted by Crippen LogP contribution is 2.36. The number of hydrogen-bond acceptors (Lipinski definition) is 3. The van der Waals surface area contributed by atoms with Gasteiger partial charge in [0.15, 0.2) is 0 Å². The first-order valence-corrected chi connectivity index (χ1v) is 5.93. The second kappa shape index (κ2) is 5.04. The van der Waals surface area contributed by atoms with E-state index in [1.165, 1.54) is 0 Å². The molecule has 2 rings (SSSR count). The normalized spacial score (nSPS) is 16.3. The van der Waals surface area contributed by atoms with E-state index < -0.39 is 23.8 Å². The van der Waals surface area contributed by atoms with Crippen molar-refractivity contribution in [1.82, 2.24) is 0 Å². The lowest BCUT2D eigenvalue weighted by molar-refractivity contribution is -0.139. The van der Waals surface area contributed by atoms with Crippen molar-refractivity contribution in [2.24, 2.45) is 5.92 Å². The largest absolute Gasteiger partial charge is 0.480 e. The summed E-state index contributed by atoms with van der Waals surface area (Å²) in [6, 6.07) is 3.42. The average Bonchev–Trinajstić information content (AvgIpc) is 3.18. The van der Waals surface area contributed by atoms with Crippen molar-refractivity contribution >= 4 is 11.7 Å². The Bertz CT molecular complexity index is 574. The van der Waals surface area contributed by atoms with Crippen LogP contribution in [-0.4, -0.2) is 17.1 Å². The highest BCUT2D eigenvalue weighted by atomic mass is 19.4. The summed E-state index contributed by atoms with van der Waals surface area (Å²) in [5, 5.41) is 20.6. The molecule has 0 radical (unpaired) electrons. The van der Waals surface area contributed by atoms with Gasteiger partial charge < -0.3 is 10.4 Å². The van der Waals surface area contributed by atoms with E-state index >= 15 is 0 Å². The molecule has 1 fully saturated rings. The van der Waals surface area contributed by atoms with Gasteiger partial charge >= 0.3 is 12.1 Å². The number of halogens is 3. The third-order valence-corrected chi connectivity index (χ3v) is 3.14. The molecule has 0 spiro atoms. The SMILES string of the molecule is N#Cc1cc(C(F)(F)F)ccc1NC(C(=O)O)C1CC1. The van der Waals surface area contributed by atoms with E-state index in [-0.39, 0.29) is 17.2 Å². The molecule has 1 aliphatic rings. The minimum absolute atomic E-state index is 0.0404. The topological polar surface area (TPSA) is 73.1 Å². The van der Waals surface area contributed by atoms with Crippen LogP contribution >= 0.6 is 0 Å². The molecule has 0 aliphatic heterocycles. The third-order valence-electron chi connectivity index (χ3n) is 3.14. The van der Waals surface area contributed by atoms with Crippen LogP contribution in [0.4, 0.5) is 18.9 Å². The number of nitrogens with zero attached hydrogens (tertiary/aromatic N) is 1. The fourth-order valence-corrected chi connectivity index (χ4v) is 1.92. The van der Waals surface area contributed by atoms with Gasteiger partial charge in [0.2, 0.25) is 0 Å². The molecule has 0 bridgehead atoms. The van der Waals surface area contributed by atoms with Crippen LogP contribution in [0.25, 0.3) is 0 Å². The highest BCUT2D eigenvalue weighted by Gasteiger charge is 2.37. The van der Waals surface area contributed by atoms with Gasteiger partial charge in [-0.3, -0.25) is 0 Å². The van der Waals surface area contributed by atoms with Gasteiger partial charge in [0.1, 0.15) is 12.1 Å². The van der Waals surface area contributed by atoms with Crippen LogP contribution in [0.3, 0.4) is 0 Å². The predicted octanol–water partition coefficient (Wildman–Crippen LogP) is 2.85. The summed E-state index contributed by atoms with van der Waals surface area (Å²) in [4.78, 5) is 11.1. The summed E-state index contributed by atoms with van der Waals surface area (Å²) in [6.45, 7) is 0. The number of benzene rings is 1. The van der Waals surface area contributed by atoms with Crippen LogP contribution in [0.5, 0.6) is 0 Å². The monoisotopic (exact) mass is 284 g/mol. The zero-order chi connectivity index (χ0) is 14.9. The van der Waals surface area contributed by atoms with Crippen LogP contribution < -0.4 is 5.32 Å². The molecule has 0 aromatic heterocycles. The fraction of sp³-hybridized carbons (Fsp3) is 0.385. The Hall–Kier alpha value is -2.23. The maximum atomic E-state index is 12.5. The van der Waals surface area contributed by atoms with Gasteiger partial charge in [0.05, 0.1) is 16.8 Å². The molecule has 106 valence electrons. The smallest absolute Gasteiger partial charge is 0.416 e. The molecule has 1 aliphatic carbocycles. The minimum Gasteiger partial charge on any atom is -0.480 e. The first-order valence-electron chi connectivity index (χ1n) is 5.93.